The number of benzene rings is 2. The van der Waals surface area contributed by atoms with Gasteiger partial charge in [-0.2, -0.15) is 0 Å². The van der Waals surface area contributed by atoms with Crippen molar-refractivity contribution < 1.29 is 18.5 Å². The molecule has 6 nitrogen and oxygen atoms in total. The number of phosphoric acid groups is 1. The normalized spacial score (nSPS) is 13.4. The molecule has 0 heterocycles. The third kappa shape index (κ3) is 11.3. The highest BCUT2D eigenvalue weighted by Gasteiger charge is 2.37. The van der Waals surface area contributed by atoms with Crippen LogP contribution in [-0.4, -0.2) is 4.89 Å². The molecule has 0 aliphatic rings. The SMILES string of the molecule is CC(C)(C)C.CC(C)(C)c1cc(CN)cc(C(C)(C)C)c1OP(=O)(O)Oc1c(C(C)(C)C)cc(CN)cc1C(C)(C)C. The van der Waals surface area contributed by atoms with Crippen LogP contribution in [-0.2, 0) is 39.3 Å². The molecule has 0 atom stereocenters. The van der Waals surface area contributed by atoms with Crippen molar-refractivity contribution in [1.29, 1.82) is 0 Å². The average Bonchev–Trinajstić information content (AvgIpc) is 2.74. The minimum atomic E-state index is -4.63. The van der Waals surface area contributed by atoms with Crippen molar-refractivity contribution in [2.45, 2.75) is 146 Å². The zero-order chi connectivity index (χ0) is 33.3. The monoisotopic (exact) mass is 604 g/mol. The molecule has 5 N–H and O–H groups in total. The second kappa shape index (κ2) is 13.0. The van der Waals surface area contributed by atoms with Gasteiger partial charge in [-0.1, -0.05) is 135 Å². The minimum Gasteiger partial charge on any atom is -0.395 e. The Hall–Kier alpha value is -1.85. The Kier molecular flexibility index (Phi) is 11.8. The first-order chi connectivity index (χ1) is 18.5. The van der Waals surface area contributed by atoms with Crippen LogP contribution >= 0.6 is 7.82 Å². The summed E-state index contributed by atoms with van der Waals surface area (Å²) >= 11 is 0. The molecular formula is C35H61N2O4P. The van der Waals surface area contributed by atoms with Gasteiger partial charge in [0.1, 0.15) is 11.5 Å². The van der Waals surface area contributed by atoms with Crippen molar-refractivity contribution in [3.05, 3.63) is 57.6 Å². The molecule has 0 radical (unpaired) electrons. The van der Waals surface area contributed by atoms with Crippen molar-refractivity contribution in [2.24, 2.45) is 16.9 Å². The maximum Gasteiger partial charge on any atom is 0.584 e. The van der Waals surface area contributed by atoms with E-state index < -0.39 is 7.82 Å². The third-order valence-corrected chi connectivity index (χ3v) is 7.24. The first-order valence-corrected chi connectivity index (χ1v) is 16.5. The van der Waals surface area contributed by atoms with Gasteiger partial charge in [-0.15, -0.1) is 0 Å². The van der Waals surface area contributed by atoms with E-state index in [9.17, 15) is 9.46 Å². The number of hydrogen-bond acceptors (Lipinski definition) is 5. The molecule has 0 aliphatic heterocycles. The molecule has 0 spiro atoms. The number of rotatable bonds is 6. The molecule has 2 aromatic rings. The summed E-state index contributed by atoms with van der Waals surface area (Å²) in [6.07, 6.45) is 0. The molecule has 7 heteroatoms. The van der Waals surface area contributed by atoms with Crippen molar-refractivity contribution in [3.63, 3.8) is 0 Å². The van der Waals surface area contributed by atoms with E-state index in [4.69, 9.17) is 20.5 Å². The second-order valence-corrected chi connectivity index (χ2v) is 18.4. The molecule has 42 heavy (non-hydrogen) atoms. The summed E-state index contributed by atoms with van der Waals surface area (Å²) in [4.78, 5) is 11.3. The fourth-order valence-electron chi connectivity index (χ4n) is 4.29. The van der Waals surface area contributed by atoms with E-state index in [1.54, 1.807) is 0 Å². The Morgan fingerprint density at radius 3 is 0.881 bits per heavy atom. The summed E-state index contributed by atoms with van der Waals surface area (Å²) < 4.78 is 25.9. The van der Waals surface area contributed by atoms with Crippen molar-refractivity contribution in [2.75, 3.05) is 0 Å². The summed E-state index contributed by atoms with van der Waals surface area (Å²) in [5.41, 5.74) is 16.2. The van der Waals surface area contributed by atoms with E-state index >= 15 is 0 Å². The fraction of sp³-hybridized carbons (Fsp3) is 0.657. The predicted octanol–water partition coefficient (Wildman–Crippen LogP) is 9.40. The van der Waals surface area contributed by atoms with Crippen LogP contribution in [0.2, 0.25) is 0 Å². The van der Waals surface area contributed by atoms with E-state index in [2.05, 4.69) is 27.7 Å². The van der Waals surface area contributed by atoms with E-state index in [0.29, 0.717) is 30.0 Å². The van der Waals surface area contributed by atoms with Gasteiger partial charge in [0.25, 0.3) is 0 Å². The molecule has 0 unspecified atom stereocenters. The Labute approximate surface area is 257 Å². The second-order valence-electron chi connectivity index (χ2n) is 17.1. The number of phosphoric ester groups is 1. The lowest BCUT2D eigenvalue weighted by Crippen LogP contribution is -2.22. The zero-order valence-corrected chi connectivity index (χ0v) is 30.4. The zero-order valence-electron chi connectivity index (χ0n) is 29.5. The molecule has 0 amide bonds. The van der Waals surface area contributed by atoms with E-state index in [-0.39, 0.29) is 21.7 Å². The standard InChI is InChI=1S/C30H49N2O4P.C5H12/c1-27(2,3)21-13-19(17-31)14-22(28(4,5)6)25(21)35-37(33,34)36-26-23(29(7,8)9)15-20(18-32)16-24(26)30(10,11)12;1-5(2,3)4/h13-16H,17-18,31-32H2,1-12H3,(H,33,34);1-4H3. The summed E-state index contributed by atoms with van der Waals surface area (Å²) in [6, 6.07) is 7.84. The highest BCUT2D eigenvalue weighted by atomic mass is 31.2. The largest absolute Gasteiger partial charge is 0.584 e. The lowest BCUT2D eigenvalue weighted by Gasteiger charge is -2.33. The van der Waals surface area contributed by atoms with Crippen LogP contribution in [0, 0.1) is 5.41 Å². The number of nitrogens with two attached hydrogens (primary N) is 2. The topological polar surface area (TPSA) is 108 Å². The molecule has 0 fully saturated rings. The van der Waals surface area contributed by atoms with Gasteiger partial charge in [-0.25, -0.2) is 4.57 Å². The summed E-state index contributed by atoms with van der Waals surface area (Å²) in [5.74, 6) is 0.743. The van der Waals surface area contributed by atoms with Gasteiger partial charge in [0.05, 0.1) is 0 Å². The molecule has 0 aliphatic carbocycles. The van der Waals surface area contributed by atoms with Crippen molar-refractivity contribution >= 4 is 7.82 Å². The van der Waals surface area contributed by atoms with Crippen LogP contribution in [0.25, 0.3) is 0 Å². The maximum atomic E-state index is 13.8. The maximum absolute atomic E-state index is 13.8. The Morgan fingerprint density at radius 1 is 0.548 bits per heavy atom. The quantitative estimate of drug-likeness (QED) is 0.284. The lowest BCUT2D eigenvalue weighted by molar-refractivity contribution is 0.280. The Balaban J connectivity index is 0.00000162. The molecule has 2 aromatic carbocycles. The fourth-order valence-corrected chi connectivity index (χ4v) is 5.18. The van der Waals surface area contributed by atoms with E-state index in [0.717, 1.165) is 33.4 Å². The van der Waals surface area contributed by atoms with Gasteiger partial charge in [0, 0.05) is 35.3 Å². The van der Waals surface area contributed by atoms with Gasteiger partial charge in [-0.3, -0.25) is 4.89 Å². The van der Waals surface area contributed by atoms with Crippen molar-refractivity contribution in [3.8, 4) is 11.5 Å². The molecule has 0 bridgehead atoms. The van der Waals surface area contributed by atoms with Crippen LogP contribution in [0.5, 0.6) is 11.5 Å². The third-order valence-electron chi connectivity index (χ3n) is 6.41. The van der Waals surface area contributed by atoms with Gasteiger partial charge in [0.15, 0.2) is 0 Å². The van der Waals surface area contributed by atoms with E-state index in [1.165, 1.54) is 0 Å². The van der Waals surface area contributed by atoms with Crippen LogP contribution < -0.4 is 20.5 Å². The van der Waals surface area contributed by atoms with Crippen LogP contribution in [0.3, 0.4) is 0 Å². The summed E-state index contributed by atoms with van der Waals surface area (Å²) in [5, 5.41) is 0. The first-order valence-electron chi connectivity index (χ1n) is 15.0. The predicted molar refractivity (Wildman–Crippen MR) is 180 cm³/mol. The van der Waals surface area contributed by atoms with Crippen LogP contribution in [0.15, 0.2) is 24.3 Å². The Bertz CT molecular complexity index is 1100. The molecule has 0 saturated heterocycles. The summed E-state index contributed by atoms with van der Waals surface area (Å²) in [6.45, 7) is 34.0. The van der Waals surface area contributed by atoms with E-state index in [1.807, 2.05) is 107 Å². The molecule has 240 valence electrons. The van der Waals surface area contributed by atoms with Gasteiger partial charge in [0.2, 0.25) is 0 Å². The van der Waals surface area contributed by atoms with Crippen LogP contribution in [0.1, 0.15) is 144 Å². The van der Waals surface area contributed by atoms with Gasteiger partial charge < -0.3 is 20.5 Å². The molecule has 2 rings (SSSR count). The lowest BCUT2D eigenvalue weighted by atomic mass is 9.78. The first kappa shape index (κ1) is 38.2. The van der Waals surface area contributed by atoms with Crippen molar-refractivity contribution in [1.82, 2.24) is 0 Å². The highest BCUT2D eigenvalue weighted by Crippen LogP contribution is 2.53. The highest BCUT2D eigenvalue weighted by molar-refractivity contribution is 7.48. The Morgan fingerprint density at radius 2 is 0.738 bits per heavy atom. The molecular weight excluding hydrogens is 543 g/mol. The number of hydrogen-bond donors (Lipinski definition) is 3. The van der Waals surface area contributed by atoms with Gasteiger partial charge in [-0.05, 0) is 38.2 Å². The van der Waals surface area contributed by atoms with Crippen LogP contribution in [0.4, 0.5) is 0 Å². The molecule has 0 aromatic heterocycles. The smallest absolute Gasteiger partial charge is 0.395 e. The minimum absolute atomic E-state index is 0.358. The summed E-state index contributed by atoms with van der Waals surface area (Å²) in [7, 11) is -4.63. The molecule has 0 saturated carbocycles. The average molecular weight is 605 g/mol. The van der Waals surface area contributed by atoms with Gasteiger partial charge >= 0.3 is 7.82 Å².